The molecule has 1 fully saturated rings. The SMILES string of the molecule is C[C@H]1CNCCN1S(=O)(=O)c1cccc(-c2ccnc(NCCc3ccc(O)cc3)n2)c1. The minimum absolute atomic E-state index is 0.0964. The quantitative estimate of drug-likeness (QED) is 0.504. The third-order valence-corrected chi connectivity index (χ3v) is 7.48. The Hall–Kier alpha value is -3.01. The molecule has 1 atom stereocenters. The van der Waals surface area contributed by atoms with E-state index in [9.17, 15) is 13.5 Å². The second-order valence-electron chi connectivity index (χ2n) is 7.81. The van der Waals surface area contributed by atoms with Crippen LogP contribution in [0.1, 0.15) is 12.5 Å². The fourth-order valence-electron chi connectivity index (χ4n) is 3.72. The van der Waals surface area contributed by atoms with Gasteiger partial charge in [-0.05, 0) is 49.2 Å². The number of aromatic hydroxyl groups is 1. The van der Waals surface area contributed by atoms with Crippen molar-refractivity contribution < 1.29 is 13.5 Å². The van der Waals surface area contributed by atoms with Crippen LogP contribution in [-0.4, -0.2) is 60.0 Å². The molecular formula is C23H27N5O3S. The molecular weight excluding hydrogens is 426 g/mol. The molecule has 0 unspecified atom stereocenters. The minimum atomic E-state index is -3.58. The van der Waals surface area contributed by atoms with Crippen LogP contribution in [0.3, 0.4) is 0 Å². The summed E-state index contributed by atoms with van der Waals surface area (Å²) in [7, 11) is -3.58. The number of nitrogens with zero attached hydrogens (tertiary/aromatic N) is 3. The number of anilines is 1. The number of nitrogens with one attached hydrogen (secondary N) is 2. The van der Waals surface area contributed by atoms with Crippen LogP contribution in [0.15, 0.2) is 65.7 Å². The van der Waals surface area contributed by atoms with Gasteiger partial charge in [0.2, 0.25) is 16.0 Å². The van der Waals surface area contributed by atoms with Crippen molar-refractivity contribution in [2.75, 3.05) is 31.5 Å². The van der Waals surface area contributed by atoms with Crippen LogP contribution >= 0.6 is 0 Å². The Morgan fingerprint density at radius 1 is 1.19 bits per heavy atom. The molecule has 32 heavy (non-hydrogen) atoms. The van der Waals surface area contributed by atoms with Gasteiger partial charge in [-0.2, -0.15) is 4.31 Å². The zero-order chi connectivity index (χ0) is 22.6. The van der Waals surface area contributed by atoms with Gasteiger partial charge in [-0.1, -0.05) is 24.3 Å². The first kappa shape index (κ1) is 22.2. The fourth-order valence-corrected chi connectivity index (χ4v) is 5.39. The Balaban J connectivity index is 1.49. The summed E-state index contributed by atoms with van der Waals surface area (Å²) in [6, 6.07) is 15.6. The maximum Gasteiger partial charge on any atom is 0.243 e. The molecule has 0 radical (unpaired) electrons. The molecule has 2 aromatic carbocycles. The van der Waals surface area contributed by atoms with Gasteiger partial charge in [0.15, 0.2) is 0 Å². The average molecular weight is 454 g/mol. The Morgan fingerprint density at radius 2 is 2.00 bits per heavy atom. The zero-order valence-electron chi connectivity index (χ0n) is 17.9. The van der Waals surface area contributed by atoms with Gasteiger partial charge in [0.05, 0.1) is 10.6 Å². The molecule has 1 aliphatic heterocycles. The average Bonchev–Trinajstić information content (AvgIpc) is 2.81. The van der Waals surface area contributed by atoms with Crippen LogP contribution in [0.25, 0.3) is 11.3 Å². The second kappa shape index (κ2) is 9.64. The first-order chi connectivity index (χ1) is 15.4. The maximum atomic E-state index is 13.2. The van der Waals surface area contributed by atoms with Crippen molar-refractivity contribution >= 4 is 16.0 Å². The number of sulfonamides is 1. The summed E-state index contributed by atoms with van der Waals surface area (Å²) in [4.78, 5) is 9.10. The van der Waals surface area contributed by atoms with Crippen molar-refractivity contribution in [1.29, 1.82) is 0 Å². The van der Waals surface area contributed by atoms with E-state index in [1.54, 1.807) is 46.9 Å². The molecule has 0 saturated carbocycles. The third-order valence-electron chi connectivity index (χ3n) is 5.47. The molecule has 2 heterocycles. The van der Waals surface area contributed by atoms with E-state index in [0.29, 0.717) is 37.8 Å². The van der Waals surface area contributed by atoms with Gasteiger partial charge in [0.25, 0.3) is 0 Å². The van der Waals surface area contributed by atoms with E-state index in [2.05, 4.69) is 20.6 Å². The summed E-state index contributed by atoms with van der Waals surface area (Å²) in [5.74, 6) is 0.721. The third kappa shape index (κ3) is 5.07. The van der Waals surface area contributed by atoms with E-state index in [0.717, 1.165) is 17.5 Å². The molecule has 3 N–H and O–H groups in total. The van der Waals surface area contributed by atoms with Crippen molar-refractivity contribution in [2.45, 2.75) is 24.3 Å². The molecule has 0 spiro atoms. The normalized spacial score (nSPS) is 17.2. The summed E-state index contributed by atoms with van der Waals surface area (Å²) in [5, 5.41) is 15.8. The number of phenolic OH excluding ortho intramolecular Hbond substituents is 1. The largest absolute Gasteiger partial charge is 0.508 e. The number of aromatic nitrogens is 2. The standard InChI is InChI=1S/C23H27N5O3S/c1-17-16-24-13-14-28(17)32(30,31)21-4-2-3-19(15-21)22-10-12-26-23(27-22)25-11-9-18-5-7-20(29)8-6-18/h2-8,10,12,15,17,24,29H,9,11,13-14,16H2,1H3,(H,25,26,27)/t17-/m0/s1. The Labute approximate surface area is 188 Å². The summed E-state index contributed by atoms with van der Waals surface area (Å²) in [6.07, 6.45) is 2.41. The van der Waals surface area contributed by atoms with Crippen LogP contribution < -0.4 is 10.6 Å². The maximum absolute atomic E-state index is 13.2. The first-order valence-corrected chi connectivity index (χ1v) is 12.1. The summed E-state index contributed by atoms with van der Waals surface area (Å²) in [5.41, 5.74) is 2.46. The highest BCUT2D eigenvalue weighted by Crippen LogP contribution is 2.25. The van der Waals surface area contributed by atoms with Crippen molar-refractivity contribution in [1.82, 2.24) is 19.6 Å². The summed E-state index contributed by atoms with van der Waals surface area (Å²) < 4.78 is 27.9. The smallest absolute Gasteiger partial charge is 0.243 e. The Bertz CT molecular complexity index is 1170. The highest BCUT2D eigenvalue weighted by atomic mass is 32.2. The van der Waals surface area contributed by atoms with Gasteiger partial charge >= 0.3 is 0 Å². The lowest BCUT2D eigenvalue weighted by Gasteiger charge is -2.32. The molecule has 9 heteroatoms. The van der Waals surface area contributed by atoms with Crippen LogP contribution in [0.5, 0.6) is 5.75 Å². The van der Waals surface area contributed by atoms with Crippen LogP contribution in [0.2, 0.25) is 0 Å². The van der Waals surface area contributed by atoms with Gasteiger partial charge in [0.1, 0.15) is 5.75 Å². The summed E-state index contributed by atoms with van der Waals surface area (Å²) in [6.45, 7) is 4.28. The molecule has 1 aliphatic rings. The van der Waals surface area contributed by atoms with Crippen LogP contribution in [-0.2, 0) is 16.4 Å². The Morgan fingerprint density at radius 3 is 2.78 bits per heavy atom. The molecule has 1 aromatic heterocycles. The van der Waals surface area contributed by atoms with E-state index in [1.165, 1.54) is 0 Å². The van der Waals surface area contributed by atoms with E-state index in [-0.39, 0.29) is 16.7 Å². The van der Waals surface area contributed by atoms with Crippen LogP contribution in [0.4, 0.5) is 5.95 Å². The van der Waals surface area contributed by atoms with Crippen molar-refractivity contribution in [3.05, 3.63) is 66.4 Å². The monoisotopic (exact) mass is 453 g/mol. The predicted octanol–water partition coefficient (Wildman–Crippen LogP) is 2.49. The van der Waals surface area contributed by atoms with Gasteiger partial charge in [-0.15, -0.1) is 0 Å². The van der Waals surface area contributed by atoms with Crippen LogP contribution in [0, 0.1) is 0 Å². The lowest BCUT2D eigenvalue weighted by Crippen LogP contribution is -2.52. The topological polar surface area (TPSA) is 107 Å². The number of benzene rings is 2. The molecule has 0 aliphatic carbocycles. The van der Waals surface area contributed by atoms with Gasteiger partial charge < -0.3 is 15.7 Å². The fraction of sp³-hybridized carbons (Fsp3) is 0.304. The van der Waals surface area contributed by atoms with Gasteiger partial charge in [-0.3, -0.25) is 0 Å². The van der Waals surface area contributed by atoms with Crippen molar-refractivity contribution in [3.8, 4) is 17.0 Å². The van der Waals surface area contributed by atoms with E-state index in [1.807, 2.05) is 25.1 Å². The molecule has 4 rings (SSSR count). The number of hydrogen-bond acceptors (Lipinski definition) is 7. The van der Waals surface area contributed by atoms with E-state index < -0.39 is 10.0 Å². The minimum Gasteiger partial charge on any atom is -0.508 e. The zero-order valence-corrected chi connectivity index (χ0v) is 18.7. The molecule has 1 saturated heterocycles. The molecule has 3 aromatic rings. The molecule has 8 nitrogen and oxygen atoms in total. The lowest BCUT2D eigenvalue weighted by molar-refractivity contribution is 0.284. The number of hydrogen-bond donors (Lipinski definition) is 3. The van der Waals surface area contributed by atoms with E-state index >= 15 is 0 Å². The van der Waals surface area contributed by atoms with Gasteiger partial charge in [-0.25, -0.2) is 18.4 Å². The molecule has 0 amide bonds. The second-order valence-corrected chi connectivity index (χ2v) is 9.70. The van der Waals surface area contributed by atoms with Gasteiger partial charge in [0, 0.05) is 44.0 Å². The Kier molecular flexibility index (Phi) is 6.69. The van der Waals surface area contributed by atoms with Crippen molar-refractivity contribution in [3.63, 3.8) is 0 Å². The summed E-state index contributed by atoms with van der Waals surface area (Å²) >= 11 is 0. The highest BCUT2D eigenvalue weighted by molar-refractivity contribution is 7.89. The first-order valence-electron chi connectivity index (χ1n) is 10.6. The van der Waals surface area contributed by atoms with Crippen molar-refractivity contribution in [2.24, 2.45) is 0 Å². The number of rotatable bonds is 7. The van der Waals surface area contributed by atoms with E-state index in [4.69, 9.17) is 0 Å². The predicted molar refractivity (Wildman–Crippen MR) is 124 cm³/mol. The number of phenols is 1. The molecule has 0 bridgehead atoms. The highest BCUT2D eigenvalue weighted by Gasteiger charge is 2.31. The molecule has 168 valence electrons. The lowest BCUT2D eigenvalue weighted by atomic mass is 10.1. The number of piperazine rings is 1.